The summed E-state index contributed by atoms with van der Waals surface area (Å²) in [6.45, 7) is 12.0. The molecule has 0 fully saturated rings. The molecule has 0 aromatic rings. The molecule has 0 aliphatic heterocycles. The second kappa shape index (κ2) is 8.77. The molecule has 0 aromatic carbocycles. The van der Waals surface area contributed by atoms with Crippen LogP contribution in [0.4, 0.5) is 0 Å². The number of nitrogens with one attached hydrogen (secondary N) is 1. The summed E-state index contributed by atoms with van der Waals surface area (Å²) in [6.07, 6.45) is 7.80. The fraction of sp³-hybridized carbons (Fsp3) is 0.857. The first-order valence-electron chi connectivity index (χ1n) is 6.63. The minimum atomic E-state index is 0.0885. The lowest BCUT2D eigenvalue weighted by molar-refractivity contribution is 0.336. The van der Waals surface area contributed by atoms with Gasteiger partial charge in [0.2, 0.25) is 0 Å². The van der Waals surface area contributed by atoms with Crippen molar-refractivity contribution >= 4 is 0 Å². The van der Waals surface area contributed by atoms with Gasteiger partial charge in [0.25, 0.3) is 0 Å². The summed E-state index contributed by atoms with van der Waals surface area (Å²) in [5.74, 6) is 0. The summed E-state index contributed by atoms with van der Waals surface area (Å²) in [5, 5.41) is 3.51. The molecule has 0 amide bonds. The molecular weight excluding hydrogens is 196 g/mol. The molecule has 0 saturated carbocycles. The van der Waals surface area contributed by atoms with Gasteiger partial charge in [0.1, 0.15) is 0 Å². The van der Waals surface area contributed by atoms with Crippen LogP contribution in [-0.2, 0) is 0 Å². The highest BCUT2D eigenvalue weighted by Gasteiger charge is 2.20. The Morgan fingerprint density at radius 1 is 1.25 bits per heavy atom. The first-order valence-corrected chi connectivity index (χ1v) is 6.63. The van der Waals surface area contributed by atoms with E-state index in [4.69, 9.17) is 5.73 Å². The van der Waals surface area contributed by atoms with Gasteiger partial charge in [-0.15, -0.1) is 0 Å². The molecule has 0 aliphatic carbocycles. The molecule has 16 heavy (non-hydrogen) atoms. The van der Waals surface area contributed by atoms with Crippen LogP contribution in [0.3, 0.4) is 0 Å². The minimum absolute atomic E-state index is 0.0885. The highest BCUT2D eigenvalue weighted by atomic mass is 15.0. The van der Waals surface area contributed by atoms with E-state index >= 15 is 0 Å². The molecule has 0 radical (unpaired) electrons. The maximum absolute atomic E-state index is 5.84. The molecule has 2 nitrogen and oxygen atoms in total. The fourth-order valence-corrected chi connectivity index (χ4v) is 1.75. The lowest BCUT2D eigenvalue weighted by Crippen LogP contribution is -2.49. The van der Waals surface area contributed by atoms with Crippen molar-refractivity contribution in [2.75, 3.05) is 13.1 Å². The number of hydrogen-bond donors (Lipinski definition) is 2. The van der Waals surface area contributed by atoms with E-state index in [0.29, 0.717) is 6.54 Å². The highest BCUT2D eigenvalue weighted by Crippen LogP contribution is 2.15. The van der Waals surface area contributed by atoms with E-state index in [1.807, 2.05) is 6.92 Å². The third-order valence-corrected chi connectivity index (χ3v) is 3.10. The molecule has 0 aliphatic rings. The van der Waals surface area contributed by atoms with Gasteiger partial charge in [-0.25, -0.2) is 0 Å². The van der Waals surface area contributed by atoms with Crippen molar-refractivity contribution in [2.24, 2.45) is 5.73 Å². The van der Waals surface area contributed by atoms with Gasteiger partial charge in [0.15, 0.2) is 0 Å². The van der Waals surface area contributed by atoms with E-state index in [0.717, 1.165) is 6.54 Å². The Bertz CT molecular complexity index is 189. The Hall–Kier alpha value is -0.340. The van der Waals surface area contributed by atoms with Gasteiger partial charge >= 0.3 is 0 Å². The van der Waals surface area contributed by atoms with E-state index in [1.54, 1.807) is 0 Å². The van der Waals surface area contributed by atoms with Crippen molar-refractivity contribution in [1.82, 2.24) is 5.32 Å². The van der Waals surface area contributed by atoms with E-state index < -0.39 is 0 Å². The molecule has 0 spiro atoms. The van der Waals surface area contributed by atoms with Crippen molar-refractivity contribution in [3.63, 3.8) is 0 Å². The topological polar surface area (TPSA) is 38.0 Å². The van der Waals surface area contributed by atoms with Crippen molar-refractivity contribution < 1.29 is 0 Å². The molecule has 0 heterocycles. The Morgan fingerprint density at radius 3 is 2.38 bits per heavy atom. The van der Waals surface area contributed by atoms with Gasteiger partial charge in [-0.2, -0.15) is 0 Å². The molecule has 0 aromatic heterocycles. The lowest BCUT2D eigenvalue weighted by atomic mass is 9.93. The summed E-state index contributed by atoms with van der Waals surface area (Å²) < 4.78 is 0. The van der Waals surface area contributed by atoms with Crippen LogP contribution in [0.2, 0.25) is 0 Å². The predicted octanol–water partition coefficient (Wildman–Crippen LogP) is 3.23. The van der Waals surface area contributed by atoms with Crippen LogP contribution in [0.25, 0.3) is 0 Å². The number of nitrogens with two attached hydrogens (primary N) is 1. The van der Waals surface area contributed by atoms with Crippen LogP contribution < -0.4 is 11.1 Å². The third kappa shape index (κ3) is 7.89. The Labute approximate surface area is 102 Å². The highest BCUT2D eigenvalue weighted by molar-refractivity contribution is 4.95. The fourth-order valence-electron chi connectivity index (χ4n) is 1.75. The first-order chi connectivity index (χ1) is 7.54. The number of rotatable bonds is 10. The minimum Gasteiger partial charge on any atom is -0.329 e. The zero-order valence-corrected chi connectivity index (χ0v) is 11.4. The summed E-state index contributed by atoms with van der Waals surface area (Å²) in [7, 11) is 0. The maximum atomic E-state index is 5.84. The Morgan fingerprint density at radius 2 is 1.88 bits per heavy atom. The molecule has 0 rings (SSSR count). The van der Waals surface area contributed by atoms with Crippen LogP contribution in [0.1, 0.15) is 59.3 Å². The molecule has 1 atom stereocenters. The second-order valence-electron chi connectivity index (χ2n) is 5.24. The van der Waals surface area contributed by atoms with Crippen LogP contribution >= 0.6 is 0 Å². The van der Waals surface area contributed by atoms with E-state index in [9.17, 15) is 0 Å². The molecular formula is C14H30N2. The van der Waals surface area contributed by atoms with Gasteiger partial charge in [0.05, 0.1) is 0 Å². The van der Waals surface area contributed by atoms with Gasteiger partial charge in [-0.3, -0.25) is 0 Å². The van der Waals surface area contributed by atoms with E-state index in [2.05, 4.69) is 25.7 Å². The van der Waals surface area contributed by atoms with Crippen molar-refractivity contribution in [1.29, 1.82) is 0 Å². The predicted molar refractivity (Wildman–Crippen MR) is 73.7 cm³/mol. The summed E-state index contributed by atoms with van der Waals surface area (Å²) in [4.78, 5) is 0. The SMILES string of the molecule is C=C(C)CNC(C)(CN)CCCCCCC. The zero-order valence-electron chi connectivity index (χ0n) is 11.4. The van der Waals surface area contributed by atoms with Crippen molar-refractivity contribution in [2.45, 2.75) is 64.8 Å². The van der Waals surface area contributed by atoms with Gasteiger partial charge in [0, 0.05) is 18.6 Å². The van der Waals surface area contributed by atoms with Crippen LogP contribution in [0.15, 0.2) is 12.2 Å². The first kappa shape index (κ1) is 15.7. The van der Waals surface area contributed by atoms with Crippen LogP contribution in [0, 0.1) is 0 Å². The average Bonchev–Trinajstić information content (AvgIpc) is 2.26. The van der Waals surface area contributed by atoms with Gasteiger partial charge < -0.3 is 11.1 Å². The lowest BCUT2D eigenvalue weighted by Gasteiger charge is -2.30. The normalized spacial score (nSPS) is 14.8. The molecule has 3 N–H and O–H groups in total. The molecule has 96 valence electrons. The third-order valence-electron chi connectivity index (χ3n) is 3.10. The summed E-state index contributed by atoms with van der Waals surface area (Å²) >= 11 is 0. The van der Waals surface area contributed by atoms with Crippen LogP contribution in [-0.4, -0.2) is 18.6 Å². The molecule has 1 unspecified atom stereocenters. The number of unbranched alkanes of at least 4 members (excludes halogenated alkanes) is 4. The smallest absolute Gasteiger partial charge is 0.0278 e. The van der Waals surface area contributed by atoms with Crippen molar-refractivity contribution in [3.8, 4) is 0 Å². The molecule has 2 heteroatoms. The van der Waals surface area contributed by atoms with Crippen LogP contribution in [0.5, 0.6) is 0 Å². The molecule has 0 saturated heterocycles. The largest absolute Gasteiger partial charge is 0.329 e. The van der Waals surface area contributed by atoms with E-state index in [-0.39, 0.29) is 5.54 Å². The Balaban J connectivity index is 3.74. The summed E-state index contributed by atoms with van der Waals surface area (Å²) in [5.41, 5.74) is 7.10. The average molecular weight is 226 g/mol. The summed E-state index contributed by atoms with van der Waals surface area (Å²) in [6, 6.07) is 0. The standard InChI is InChI=1S/C14H30N2/c1-5-6-7-8-9-10-14(4,12-15)16-11-13(2)3/h16H,2,5-12,15H2,1,3-4H3. The molecule has 0 bridgehead atoms. The second-order valence-corrected chi connectivity index (χ2v) is 5.24. The monoisotopic (exact) mass is 226 g/mol. The number of hydrogen-bond acceptors (Lipinski definition) is 2. The quantitative estimate of drug-likeness (QED) is 0.443. The maximum Gasteiger partial charge on any atom is 0.0278 e. The van der Waals surface area contributed by atoms with E-state index in [1.165, 1.54) is 44.1 Å². The van der Waals surface area contributed by atoms with Gasteiger partial charge in [-0.05, 0) is 20.3 Å². The Kier molecular flexibility index (Phi) is 8.58. The zero-order chi connectivity index (χ0) is 12.4. The van der Waals surface area contributed by atoms with Gasteiger partial charge in [-0.1, -0.05) is 51.2 Å². The van der Waals surface area contributed by atoms with Crippen molar-refractivity contribution in [3.05, 3.63) is 12.2 Å².